The van der Waals surface area contributed by atoms with Gasteiger partial charge in [0.05, 0.1) is 27.3 Å². The number of benzene rings is 2. The van der Waals surface area contributed by atoms with Crippen LogP contribution in [0.4, 0.5) is 0 Å². The second-order valence-electron chi connectivity index (χ2n) is 6.56. The molecule has 146 valence electrons. The molecule has 0 radical (unpaired) electrons. The lowest BCUT2D eigenvalue weighted by molar-refractivity contribution is 0.0954. The zero-order valence-corrected chi connectivity index (χ0v) is 16.8. The van der Waals surface area contributed by atoms with E-state index in [2.05, 4.69) is 20.0 Å². The molecule has 3 aromatic rings. The lowest BCUT2D eigenvalue weighted by atomic mass is 10.1. The van der Waals surface area contributed by atoms with Gasteiger partial charge in [0.1, 0.15) is 0 Å². The monoisotopic (exact) mass is 398 g/mol. The van der Waals surface area contributed by atoms with Crippen molar-refractivity contribution in [1.82, 2.24) is 20.0 Å². The van der Waals surface area contributed by atoms with E-state index in [1.54, 1.807) is 42.5 Å². The molecule has 0 saturated carbocycles. The van der Waals surface area contributed by atoms with Gasteiger partial charge in [0, 0.05) is 18.7 Å². The first-order chi connectivity index (χ1) is 13.3. The van der Waals surface area contributed by atoms with E-state index in [0.29, 0.717) is 11.1 Å². The molecule has 0 aliphatic carbocycles. The number of rotatable bonds is 6. The zero-order chi connectivity index (χ0) is 20.3. The number of aromatic nitrogens is 2. The molecule has 1 aromatic heterocycles. The van der Waals surface area contributed by atoms with Gasteiger partial charge in [-0.2, -0.15) is 0 Å². The fraction of sp³-hybridized carbons (Fsp3) is 0.250. The normalized spacial score (nSPS) is 11.5. The molecule has 0 atom stereocenters. The predicted molar refractivity (Wildman–Crippen MR) is 108 cm³/mol. The zero-order valence-electron chi connectivity index (χ0n) is 16.0. The number of nitrogens with zero attached hydrogens (tertiary/aromatic N) is 2. The van der Waals surface area contributed by atoms with Crippen molar-refractivity contribution in [1.29, 1.82) is 0 Å². The molecule has 1 amide bonds. The van der Waals surface area contributed by atoms with Gasteiger partial charge >= 0.3 is 0 Å². The Morgan fingerprint density at radius 3 is 2.21 bits per heavy atom. The first kappa shape index (κ1) is 19.9. The van der Waals surface area contributed by atoms with E-state index in [-0.39, 0.29) is 23.9 Å². The number of aryl methyl sites for hydroxylation is 3. The second kappa shape index (κ2) is 8.04. The van der Waals surface area contributed by atoms with E-state index >= 15 is 0 Å². The average Bonchev–Trinajstić information content (AvgIpc) is 2.66. The minimum Gasteiger partial charge on any atom is -0.351 e. The van der Waals surface area contributed by atoms with Gasteiger partial charge in [-0.05, 0) is 51.1 Å². The Hall–Kier alpha value is -2.84. The quantitative estimate of drug-likeness (QED) is 0.620. The summed E-state index contributed by atoms with van der Waals surface area (Å²) >= 11 is 0. The number of sulfonamides is 1. The standard InChI is InChI=1S/C20H22N4O3S/c1-13-4-7-17(8-5-13)28(26,27)22-11-10-21-20(25)16-6-9-18-19(12-16)24-15(3)14(2)23-18/h4-9,12,22H,10-11H2,1-3H3,(H,21,25). The molecule has 1 heterocycles. The Kier molecular flexibility index (Phi) is 5.71. The van der Waals surface area contributed by atoms with Crippen LogP contribution in [0, 0.1) is 20.8 Å². The summed E-state index contributed by atoms with van der Waals surface area (Å²) in [6, 6.07) is 11.7. The molecule has 0 aliphatic heterocycles. The molecule has 2 N–H and O–H groups in total. The number of carbonyl (C=O) groups excluding carboxylic acids is 1. The number of hydrogen-bond donors (Lipinski definition) is 2. The van der Waals surface area contributed by atoms with E-state index < -0.39 is 10.0 Å². The van der Waals surface area contributed by atoms with Gasteiger partial charge in [0.15, 0.2) is 0 Å². The van der Waals surface area contributed by atoms with Crippen LogP contribution in [-0.4, -0.2) is 37.4 Å². The van der Waals surface area contributed by atoms with Crippen LogP contribution in [0.2, 0.25) is 0 Å². The van der Waals surface area contributed by atoms with Crippen LogP contribution in [-0.2, 0) is 10.0 Å². The third-order valence-electron chi connectivity index (χ3n) is 4.37. The molecular weight excluding hydrogens is 376 g/mol. The maximum absolute atomic E-state index is 12.3. The van der Waals surface area contributed by atoms with E-state index in [0.717, 1.165) is 22.5 Å². The Morgan fingerprint density at radius 2 is 1.54 bits per heavy atom. The summed E-state index contributed by atoms with van der Waals surface area (Å²) in [5.41, 5.74) is 4.48. The van der Waals surface area contributed by atoms with Crippen molar-refractivity contribution in [2.45, 2.75) is 25.7 Å². The third kappa shape index (κ3) is 4.52. The summed E-state index contributed by atoms with van der Waals surface area (Å²) in [5, 5.41) is 2.71. The molecule has 3 rings (SSSR count). The highest BCUT2D eigenvalue weighted by Crippen LogP contribution is 2.14. The van der Waals surface area contributed by atoms with E-state index in [1.807, 2.05) is 20.8 Å². The topological polar surface area (TPSA) is 101 Å². The van der Waals surface area contributed by atoms with E-state index in [9.17, 15) is 13.2 Å². The molecule has 0 spiro atoms. The Morgan fingerprint density at radius 1 is 0.893 bits per heavy atom. The third-order valence-corrected chi connectivity index (χ3v) is 5.85. The highest BCUT2D eigenvalue weighted by molar-refractivity contribution is 7.89. The summed E-state index contributed by atoms with van der Waals surface area (Å²) < 4.78 is 26.9. The van der Waals surface area contributed by atoms with Gasteiger partial charge < -0.3 is 5.32 Å². The van der Waals surface area contributed by atoms with Gasteiger partial charge in [-0.15, -0.1) is 0 Å². The van der Waals surface area contributed by atoms with Crippen molar-refractivity contribution in [3.8, 4) is 0 Å². The SMILES string of the molecule is Cc1ccc(S(=O)(=O)NCCNC(=O)c2ccc3nc(C)c(C)nc3c2)cc1. The minimum atomic E-state index is -3.60. The molecule has 7 nitrogen and oxygen atoms in total. The van der Waals surface area contributed by atoms with Crippen molar-refractivity contribution in [2.24, 2.45) is 0 Å². The Labute approximate surface area is 164 Å². The number of nitrogens with one attached hydrogen (secondary N) is 2. The van der Waals surface area contributed by atoms with Crippen molar-refractivity contribution in [3.05, 3.63) is 65.0 Å². The van der Waals surface area contributed by atoms with E-state index in [4.69, 9.17) is 0 Å². The number of carbonyl (C=O) groups is 1. The maximum atomic E-state index is 12.3. The molecule has 2 aromatic carbocycles. The first-order valence-corrected chi connectivity index (χ1v) is 10.3. The molecule has 28 heavy (non-hydrogen) atoms. The summed E-state index contributed by atoms with van der Waals surface area (Å²) in [4.78, 5) is 21.4. The van der Waals surface area contributed by atoms with Gasteiger partial charge in [-0.1, -0.05) is 17.7 Å². The molecule has 0 bridgehead atoms. The van der Waals surface area contributed by atoms with Crippen LogP contribution in [0.5, 0.6) is 0 Å². The second-order valence-corrected chi connectivity index (χ2v) is 8.33. The highest BCUT2D eigenvalue weighted by Gasteiger charge is 2.13. The van der Waals surface area contributed by atoms with Crippen LogP contribution in [0.1, 0.15) is 27.3 Å². The summed E-state index contributed by atoms with van der Waals surface area (Å²) in [5.74, 6) is -0.295. The lowest BCUT2D eigenvalue weighted by Gasteiger charge is -2.09. The largest absolute Gasteiger partial charge is 0.351 e. The molecule has 0 fully saturated rings. The molecule has 0 saturated heterocycles. The Bertz CT molecular complexity index is 1130. The van der Waals surface area contributed by atoms with Gasteiger partial charge in [0.25, 0.3) is 5.91 Å². The molecule has 0 aliphatic rings. The summed E-state index contributed by atoms with van der Waals surface area (Å²) in [6.07, 6.45) is 0. The average molecular weight is 398 g/mol. The van der Waals surface area contributed by atoms with Crippen LogP contribution in [0.25, 0.3) is 11.0 Å². The van der Waals surface area contributed by atoms with Crippen LogP contribution in [0.15, 0.2) is 47.4 Å². The van der Waals surface area contributed by atoms with Crippen LogP contribution >= 0.6 is 0 Å². The predicted octanol–water partition coefficient (Wildman–Crippen LogP) is 2.26. The smallest absolute Gasteiger partial charge is 0.251 e. The van der Waals surface area contributed by atoms with Crippen molar-refractivity contribution < 1.29 is 13.2 Å². The minimum absolute atomic E-state index is 0.0909. The number of amides is 1. The lowest BCUT2D eigenvalue weighted by Crippen LogP contribution is -2.34. The summed E-state index contributed by atoms with van der Waals surface area (Å²) in [7, 11) is -3.60. The van der Waals surface area contributed by atoms with Crippen LogP contribution in [0.3, 0.4) is 0 Å². The van der Waals surface area contributed by atoms with Gasteiger partial charge in [-0.25, -0.2) is 23.1 Å². The maximum Gasteiger partial charge on any atom is 0.251 e. The van der Waals surface area contributed by atoms with Crippen molar-refractivity contribution in [2.75, 3.05) is 13.1 Å². The summed E-state index contributed by atoms with van der Waals surface area (Å²) in [6.45, 7) is 5.91. The first-order valence-electron chi connectivity index (χ1n) is 8.86. The van der Waals surface area contributed by atoms with Crippen LogP contribution < -0.4 is 10.0 Å². The number of fused-ring (bicyclic) bond motifs is 1. The van der Waals surface area contributed by atoms with Gasteiger partial charge in [-0.3, -0.25) is 4.79 Å². The molecule has 0 unspecified atom stereocenters. The fourth-order valence-electron chi connectivity index (χ4n) is 2.64. The fourth-order valence-corrected chi connectivity index (χ4v) is 3.67. The molecule has 8 heteroatoms. The van der Waals surface area contributed by atoms with E-state index in [1.165, 1.54) is 0 Å². The number of hydrogen-bond acceptors (Lipinski definition) is 5. The van der Waals surface area contributed by atoms with Gasteiger partial charge in [0.2, 0.25) is 10.0 Å². The Balaban J connectivity index is 1.59. The molecular formula is C20H22N4O3S. The van der Waals surface area contributed by atoms with Crippen molar-refractivity contribution in [3.63, 3.8) is 0 Å². The van der Waals surface area contributed by atoms with Crippen molar-refractivity contribution >= 4 is 27.0 Å². The highest BCUT2D eigenvalue weighted by atomic mass is 32.2.